The highest BCUT2D eigenvalue weighted by Crippen LogP contribution is 2.21. The Morgan fingerprint density at radius 2 is 2.12 bits per heavy atom. The minimum atomic E-state index is 0.689. The van der Waals surface area contributed by atoms with Crippen LogP contribution in [0.3, 0.4) is 0 Å². The Hall–Kier alpha value is -1.33. The van der Waals surface area contributed by atoms with Crippen LogP contribution in [0.4, 0.5) is 0 Å². The van der Waals surface area contributed by atoms with Crippen molar-refractivity contribution in [3.8, 4) is 6.07 Å². The van der Waals surface area contributed by atoms with Crippen LogP contribution in [0.25, 0.3) is 0 Å². The molecule has 0 aromatic heterocycles. The van der Waals surface area contributed by atoms with Crippen LogP contribution in [0, 0.1) is 11.3 Å². The van der Waals surface area contributed by atoms with Gasteiger partial charge in [-0.15, -0.1) is 0 Å². The molecule has 1 fully saturated rings. The van der Waals surface area contributed by atoms with Gasteiger partial charge in [-0.1, -0.05) is 30.3 Å². The second-order valence-electron chi connectivity index (χ2n) is 4.78. The first-order valence-corrected chi connectivity index (χ1v) is 6.55. The number of hydrogen-bond donors (Lipinski definition) is 0. The standard InChI is InChI=1S/C15H20N2/c16-10-4-5-11-17-12-6-9-15(17)13-14-7-2-1-3-8-14/h1-3,7-8,15H,4-6,9,11-13H2/t15-/m1/s1. The van der Waals surface area contributed by atoms with E-state index in [1.807, 2.05) is 0 Å². The second kappa shape index (κ2) is 6.42. The molecular formula is C15H20N2. The van der Waals surface area contributed by atoms with Gasteiger partial charge in [0, 0.05) is 12.5 Å². The van der Waals surface area contributed by atoms with Crippen LogP contribution in [0.1, 0.15) is 31.2 Å². The molecule has 90 valence electrons. The zero-order valence-corrected chi connectivity index (χ0v) is 10.3. The maximum absolute atomic E-state index is 8.57. The molecule has 0 spiro atoms. The van der Waals surface area contributed by atoms with Gasteiger partial charge in [0.2, 0.25) is 0 Å². The van der Waals surface area contributed by atoms with Gasteiger partial charge in [0.05, 0.1) is 6.07 Å². The molecule has 0 aliphatic carbocycles. The van der Waals surface area contributed by atoms with Gasteiger partial charge in [-0.3, -0.25) is 0 Å². The van der Waals surface area contributed by atoms with Gasteiger partial charge in [-0.2, -0.15) is 5.26 Å². The lowest BCUT2D eigenvalue weighted by Crippen LogP contribution is -2.31. The maximum atomic E-state index is 8.57. The van der Waals surface area contributed by atoms with Gasteiger partial charge in [0.25, 0.3) is 0 Å². The second-order valence-corrected chi connectivity index (χ2v) is 4.78. The van der Waals surface area contributed by atoms with E-state index in [2.05, 4.69) is 41.3 Å². The monoisotopic (exact) mass is 228 g/mol. The van der Waals surface area contributed by atoms with Gasteiger partial charge in [-0.05, 0) is 44.3 Å². The molecule has 2 nitrogen and oxygen atoms in total. The number of rotatable bonds is 5. The highest BCUT2D eigenvalue weighted by atomic mass is 15.2. The van der Waals surface area contributed by atoms with Crippen molar-refractivity contribution in [3.63, 3.8) is 0 Å². The molecular weight excluding hydrogens is 208 g/mol. The molecule has 0 N–H and O–H groups in total. The molecule has 0 bridgehead atoms. The van der Waals surface area contributed by atoms with E-state index in [9.17, 15) is 0 Å². The van der Waals surface area contributed by atoms with Crippen LogP contribution in [-0.4, -0.2) is 24.0 Å². The minimum Gasteiger partial charge on any atom is -0.300 e. The van der Waals surface area contributed by atoms with Crippen molar-refractivity contribution in [3.05, 3.63) is 35.9 Å². The molecule has 0 unspecified atom stereocenters. The predicted molar refractivity (Wildman–Crippen MR) is 69.6 cm³/mol. The van der Waals surface area contributed by atoms with Crippen LogP contribution in [0.5, 0.6) is 0 Å². The van der Waals surface area contributed by atoms with E-state index in [0.717, 1.165) is 19.4 Å². The average Bonchev–Trinajstić information content (AvgIpc) is 2.79. The van der Waals surface area contributed by atoms with Crippen molar-refractivity contribution in [2.24, 2.45) is 0 Å². The number of likely N-dealkylation sites (tertiary alicyclic amines) is 1. The Labute approximate surface area is 104 Å². The predicted octanol–water partition coefficient (Wildman–Crippen LogP) is 3.00. The summed E-state index contributed by atoms with van der Waals surface area (Å²) in [6.45, 7) is 2.30. The minimum absolute atomic E-state index is 0.689. The van der Waals surface area contributed by atoms with Gasteiger partial charge in [0.15, 0.2) is 0 Å². The Morgan fingerprint density at radius 1 is 1.29 bits per heavy atom. The van der Waals surface area contributed by atoms with E-state index >= 15 is 0 Å². The summed E-state index contributed by atoms with van der Waals surface area (Å²) in [5.41, 5.74) is 1.43. The summed E-state index contributed by atoms with van der Waals surface area (Å²) in [6, 6.07) is 13.7. The molecule has 1 saturated heterocycles. The molecule has 0 saturated carbocycles. The summed E-state index contributed by atoms with van der Waals surface area (Å²) in [4.78, 5) is 2.56. The Morgan fingerprint density at radius 3 is 2.88 bits per heavy atom. The normalized spacial score (nSPS) is 20.3. The van der Waals surface area contributed by atoms with E-state index < -0.39 is 0 Å². The maximum Gasteiger partial charge on any atom is 0.0622 e. The molecule has 1 heterocycles. The van der Waals surface area contributed by atoms with Crippen molar-refractivity contribution < 1.29 is 0 Å². The number of nitrogens with zero attached hydrogens (tertiary/aromatic N) is 2. The van der Waals surface area contributed by atoms with Crippen LogP contribution in [0.2, 0.25) is 0 Å². The lowest BCUT2D eigenvalue weighted by Gasteiger charge is -2.24. The molecule has 1 aliphatic heterocycles. The van der Waals surface area contributed by atoms with E-state index in [0.29, 0.717) is 12.5 Å². The summed E-state index contributed by atoms with van der Waals surface area (Å²) in [6.07, 6.45) is 5.48. The zero-order valence-electron chi connectivity index (χ0n) is 10.3. The topological polar surface area (TPSA) is 27.0 Å². The highest BCUT2D eigenvalue weighted by Gasteiger charge is 2.23. The summed E-state index contributed by atoms with van der Waals surface area (Å²) < 4.78 is 0. The summed E-state index contributed by atoms with van der Waals surface area (Å²) in [5.74, 6) is 0. The largest absolute Gasteiger partial charge is 0.300 e. The molecule has 1 aromatic carbocycles. The molecule has 0 amide bonds. The van der Waals surface area contributed by atoms with E-state index in [1.165, 1.54) is 24.9 Å². The smallest absolute Gasteiger partial charge is 0.0622 e. The molecule has 17 heavy (non-hydrogen) atoms. The fraction of sp³-hybridized carbons (Fsp3) is 0.533. The van der Waals surface area contributed by atoms with Crippen LogP contribution < -0.4 is 0 Å². The Bertz CT molecular complexity index is 366. The van der Waals surface area contributed by atoms with Crippen molar-refractivity contribution >= 4 is 0 Å². The first-order chi connectivity index (χ1) is 8.40. The quantitative estimate of drug-likeness (QED) is 0.724. The number of benzene rings is 1. The fourth-order valence-electron chi connectivity index (χ4n) is 2.67. The van der Waals surface area contributed by atoms with Crippen LogP contribution in [0.15, 0.2) is 30.3 Å². The third kappa shape index (κ3) is 3.57. The van der Waals surface area contributed by atoms with Crippen molar-refractivity contribution in [2.45, 2.75) is 38.1 Å². The van der Waals surface area contributed by atoms with E-state index in [4.69, 9.17) is 5.26 Å². The SMILES string of the molecule is N#CCCCN1CCC[C@@H]1Cc1ccccc1. The average molecular weight is 228 g/mol. The Kier molecular flexibility index (Phi) is 4.58. The van der Waals surface area contributed by atoms with Gasteiger partial charge in [-0.25, -0.2) is 0 Å². The van der Waals surface area contributed by atoms with E-state index in [-0.39, 0.29) is 0 Å². The third-order valence-electron chi connectivity index (χ3n) is 3.55. The lowest BCUT2D eigenvalue weighted by atomic mass is 10.0. The van der Waals surface area contributed by atoms with E-state index in [1.54, 1.807) is 0 Å². The molecule has 1 atom stereocenters. The molecule has 2 heteroatoms. The molecule has 0 radical (unpaired) electrons. The highest BCUT2D eigenvalue weighted by molar-refractivity contribution is 5.16. The van der Waals surface area contributed by atoms with Crippen molar-refractivity contribution in [1.29, 1.82) is 5.26 Å². The Balaban J connectivity index is 1.85. The van der Waals surface area contributed by atoms with Gasteiger partial charge < -0.3 is 4.90 Å². The molecule has 1 aromatic rings. The van der Waals surface area contributed by atoms with Crippen LogP contribution in [-0.2, 0) is 6.42 Å². The molecule has 2 rings (SSSR count). The van der Waals surface area contributed by atoms with Crippen molar-refractivity contribution in [1.82, 2.24) is 4.90 Å². The van der Waals surface area contributed by atoms with Crippen LogP contribution >= 0.6 is 0 Å². The fourth-order valence-corrected chi connectivity index (χ4v) is 2.67. The zero-order chi connectivity index (χ0) is 11.9. The number of unbranched alkanes of at least 4 members (excludes halogenated alkanes) is 1. The number of nitriles is 1. The first kappa shape index (κ1) is 12.1. The summed E-state index contributed by atoms with van der Waals surface area (Å²) in [7, 11) is 0. The molecule has 1 aliphatic rings. The first-order valence-electron chi connectivity index (χ1n) is 6.55. The number of hydrogen-bond acceptors (Lipinski definition) is 2. The van der Waals surface area contributed by atoms with Crippen molar-refractivity contribution in [2.75, 3.05) is 13.1 Å². The van der Waals surface area contributed by atoms with Gasteiger partial charge >= 0.3 is 0 Å². The lowest BCUT2D eigenvalue weighted by molar-refractivity contribution is 0.250. The summed E-state index contributed by atoms with van der Waals surface area (Å²) >= 11 is 0. The third-order valence-corrected chi connectivity index (χ3v) is 3.55. The van der Waals surface area contributed by atoms with Gasteiger partial charge in [0.1, 0.15) is 0 Å². The summed E-state index contributed by atoms with van der Waals surface area (Å²) in [5, 5.41) is 8.57.